The molecule has 3 rings (SSSR count). The highest BCUT2D eigenvalue weighted by Crippen LogP contribution is 2.22. The molecule has 0 aliphatic heterocycles. The Hall–Kier alpha value is -3.50. The van der Waals surface area contributed by atoms with Gasteiger partial charge in [-0.1, -0.05) is 0 Å². The van der Waals surface area contributed by atoms with Crippen LogP contribution in [0.1, 0.15) is 12.5 Å². The SMILES string of the molecule is CCOc1ccc(S(=O)(=O)Nc2ccc(Nc3ccc(C#N)cc3)cc2)cc1. The molecule has 0 aliphatic carbocycles. The van der Waals surface area contributed by atoms with E-state index in [9.17, 15) is 8.42 Å². The van der Waals surface area contributed by atoms with Crippen LogP contribution in [-0.4, -0.2) is 15.0 Å². The molecule has 0 amide bonds. The predicted molar refractivity (Wildman–Crippen MR) is 109 cm³/mol. The summed E-state index contributed by atoms with van der Waals surface area (Å²) in [6, 6.07) is 22.3. The van der Waals surface area contributed by atoms with Crippen LogP contribution in [0.2, 0.25) is 0 Å². The van der Waals surface area contributed by atoms with E-state index in [2.05, 4.69) is 16.1 Å². The minimum Gasteiger partial charge on any atom is -0.494 e. The molecule has 0 atom stereocenters. The Morgan fingerprint density at radius 2 is 1.39 bits per heavy atom. The molecular weight excluding hydrogens is 374 g/mol. The molecule has 2 N–H and O–H groups in total. The summed E-state index contributed by atoms with van der Waals surface area (Å²) in [4.78, 5) is 0.163. The molecule has 142 valence electrons. The number of nitrogens with zero attached hydrogens (tertiary/aromatic N) is 1. The van der Waals surface area contributed by atoms with Crippen molar-refractivity contribution in [2.45, 2.75) is 11.8 Å². The van der Waals surface area contributed by atoms with E-state index in [4.69, 9.17) is 10.00 Å². The number of anilines is 3. The van der Waals surface area contributed by atoms with Gasteiger partial charge in [-0.3, -0.25) is 4.72 Å². The first-order chi connectivity index (χ1) is 13.5. The van der Waals surface area contributed by atoms with Crippen molar-refractivity contribution >= 4 is 27.1 Å². The average Bonchev–Trinajstić information content (AvgIpc) is 2.70. The first-order valence-corrected chi connectivity index (χ1v) is 10.1. The second kappa shape index (κ2) is 8.46. The largest absolute Gasteiger partial charge is 0.494 e. The Kier molecular flexibility index (Phi) is 5.82. The smallest absolute Gasteiger partial charge is 0.261 e. The summed E-state index contributed by atoms with van der Waals surface area (Å²) < 4.78 is 32.9. The minimum atomic E-state index is -3.68. The molecule has 0 unspecified atom stereocenters. The first kappa shape index (κ1) is 19.3. The maximum absolute atomic E-state index is 12.5. The van der Waals surface area contributed by atoms with Crippen LogP contribution in [0.4, 0.5) is 17.1 Å². The van der Waals surface area contributed by atoms with E-state index in [0.717, 1.165) is 11.4 Å². The standard InChI is InChI=1S/C21H19N3O3S/c1-2-27-20-11-13-21(14-12-20)28(25,26)24-19-9-7-18(8-10-19)23-17-5-3-16(15-22)4-6-17/h3-14,23-24H,2H2,1H3. The summed E-state index contributed by atoms with van der Waals surface area (Å²) in [7, 11) is -3.68. The monoisotopic (exact) mass is 393 g/mol. The van der Waals surface area contributed by atoms with Gasteiger partial charge in [0.2, 0.25) is 0 Å². The maximum Gasteiger partial charge on any atom is 0.261 e. The van der Waals surface area contributed by atoms with Crippen LogP contribution in [0.25, 0.3) is 0 Å². The molecule has 0 radical (unpaired) electrons. The molecule has 3 aromatic rings. The number of nitrogens with one attached hydrogen (secondary N) is 2. The molecular formula is C21H19N3O3S. The van der Waals surface area contributed by atoms with Crippen LogP contribution >= 0.6 is 0 Å². The quantitative estimate of drug-likeness (QED) is 0.617. The van der Waals surface area contributed by atoms with E-state index >= 15 is 0 Å². The molecule has 3 aromatic carbocycles. The molecule has 7 heteroatoms. The van der Waals surface area contributed by atoms with Gasteiger partial charge >= 0.3 is 0 Å². The van der Waals surface area contributed by atoms with Gasteiger partial charge in [-0.05, 0) is 79.7 Å². The van der Waals surface area contributed by atoms with Crippen molar-refractivity contribution in [3.05, 3.63) is 78.4 Å². The number of nitriles is 1. The topological polar surface area (TPSA) is 91.2 Å². The molecule has 0 fully saturated rings. The number of rotatable bonds is 7. The van der Waals surface area contributed by atoms with Gasteiger partial charge in [0.15, 0.2) is 0 Å². The van der Waals surface area contributed by atoms with Crippen LogP contribution in [0.15, 0.2) is 77.7 Å². The molecule has 6 nitrogen and oxygen atoms in total. The number of benzene rings is 3. The van der Waals surface area contributed by atoms with E-state index in [-0.39, 0.29) is 4.90 Å². The fraction of sp³-hybridized carbons (Fsp3) is 0.0952. The minimum absolute atomic E-state index is 0.163. The Balaban J connectivity index is 1.68. The zero-order valence-corrected chi connectivity index (χ0v) is 16.0. The van der Waals surface area contributed by atoms with Crippen molar-refractivity contribution in [3.8, 4) is 11.8 Å². The zero-order chi connectivity index (χ0) is 20.0. The van der Waals surface area contributed by atoms with Crippen LogP contribution in [0.5, 0.6) is 5.75 Å². The number of ether oxygens (including phenoxy) is 1. The Morgan fingerprint density at radius 1 is 0.857 bits per heavy atom. The summed E-state index contributed by atoms with van der Waals surface area (Å²) in [5.41, 5.74) is 2.68. The molecule has 0 aliphatic rings. The third-order valence-corrected chi connectivity index (χ3v) is 5.28. The summed E-state index contributed by atoms with van der Waals surface area (Å²) >= 11 is 0. The summed E-state index contributed by atoms with van der Waals surface area (Å²) in [5.74, 6) is 0.625. The van der Waals surface area contributed by atoms with E-state index in [1.165, 1.54) is 12.1 Å². The van der Waals surface area contributed by atoms with Gasteiger partial charge in [0.25, 0.3) is 10.0 Å². The molecule has 0 aromatic heterocycles. The lowest BCUT2D eigenvalue weighted by atomic mass is 10.2. The molecule has 28 heavy (non-hydrogen) atoms. The van der Waals surface area contributed by atoms with Crippen molar-refractivity contribution in [2.24, 2.45) is 0 Å². The fourth-order valence-corrected chi connectivity index (χ4v) is 3.57. The highest BCUT2D eigenvalue weighted by molar-refractivity contribution is 7.92. The van der Waals surface area contributed by atoms with Crippen molar-refractivity contribution < 1.29 is 13.2 Å². The van der Waals surface area contributed by atoms with Crippen LogP contribution in [0, 0.1) is 11.3 Å². The van der Waals surface area contributed by atoms with Gasteiger partial charge < -0.3 is 10.1 Å². The van der Waals surface area contributed by atoms with Crippen molar-refractivity contribution in [3.63, 3.8) is 0 Å². The predicted octanol–water partition coefficient (Wildman–Crippen LogP) is 4.50. The number of sulfonamides is 1. The van der Waals surface area contributed by atoms with Crippen LogP contribution < -0.4 is 14.8 Å². The van der Waals surface area contributed by atoms with Crippen molar-refractivity contribution in [1.82, 2.24) is 0 Å². The maximum atomic E-state index is 12.5. The highest BCUT2D eigenvalue weighted by Gasteiger charge is 2.14. The molecule has 0 saturated heterocycles. The third-order valence-electron chi connectivity index (χ3n) is 3.88. The Labute approximate surface area is 164 Å². The third kappa shape index (κ3) is 4.81. The van der Waals surface area contributed by atoms with Crippen molar-refractivity contribution in [2.75, 3.05) is 16.6 Å². The van der Waals surface area contributed by atoms with Gasteiger partial charge in [0, 0.05) is 17.1 Å². The van der Waals surface area contributed by atoms with Gasteiger partial charge in [-0.15, -0.1) is 0 Å². The summed E-state index contributed by atoms with van der Waals surface area (Å²) in [6.07, 6.45) is 0. The zero-order valence-electron chi connectivity index (χ0n) is 15.2. The first-order valence-electron chi connectivity index (χ1n) is 8.63. The van der Waals surface area contributed by atoms with Gasteiger partial charge in [-0.25, -0.2) is 8.42 Å². The van der Waals surface area contributed by atoms with Crippen LogP contribution in [-0.2, 0) is 10.0 Å². The second-order valence-corrected chi connectivity index (χ2v) is 7.58. The fourth-order valence-electron chi connectivity index (χ4n) is 2.51. The van der Waals surface area contributed by atoms with E-state index < -0.39 is 10.0 Å². The van der Waals surface area contributed by atoms with Gasteiger partial charge in [0.1, 0.15) is 5.75 Å². The van der Waals surface area contributed by atoms with Crippen LogP contribution in [0.3, 0.4) is 0 Å². The summed E-state index contributed by atoms with van der Waals surface area (Å²) in [5, 5.41) is 12.0. The molecule has 0 saturated carbocycles. The summed E-state index contributed by atoms with van der Waals surface area (Å²) in [6.45, 7) is 2.39. The average molecular weight is 393 g/mol. The van der Waals surface area contributed by atoms with E-state index in [1.807, 2.05) is 6.92 Å². The van der Waals surface area contributed by atoms with Gasteiger partial charge in [0.05, 0.1) is 23.1 Å². The van der Waals surface area contributed by atoms with Crippen molar-refractivity contribution in [1.29, 1.82) is 5.26 Å². The lowest BCUT2D eigenvalue weighted by Gasteiger charge is -2.11. The highest BCUT2D eigenvalue weighted by atomic mass is 32.2. The molecule has 0 bridgehead atoms. The molecule has 0 heterocycles. The Bertz CT molecular complexity index is 1070. The molecule has 0 spiro atoms. The van der Waals surface area contributed by atoms with E-state index in [1.54, 1.807) is 60.7 Å². The van der Waals surface area contributed by atoms with Gasteiger partial charge in [-0.2, -0.15) is 5.26 Å². The number of hydrogen-bond donors (Lipinski definition) is 2. The normalized spacial score (nSPS) is 10.7. The lowest BCUT2D eigenvalue weighted by Crippen LogP contribution is -2.12. The number of hydrogen-bond acceptors (Lipinski definition) is 5. The Morgan fingerprint density at radius 3 is 1.93 bits per heavy atom. The second-order valence-electron chi connectivity index (χ2n) is 5.90. The van der Waals surface area contributed by atoms with E-state index in [0.29, 0.717) is 23.6 Å². The lowest BCUT2D eigenvalue weighted by molar-refractivity contribution is 0.340.